The van der Waals surface area contributed by atoms with Crippen LogP contribution >= 0.6 is 11.6 Å². The molecule has 1 aliphatic carbocycles. The van der Waals surface area contributed by atoms with Crippen LogP contribution < -0.4 is 0 Å². The summed E-state index contributed by atoms with van der Waals surface area (Å²) in [6, 6.07) is 4.26. The number of sulfonamides is 1. The quantitative estimate of drug-likeness (QED) is 0.776. The highest BCUT2D eigenvalue weighted by atomic mass is 35.5. The molecule has 0 N–H and O–H groups in total. The van der Waals surface area contributed by atoms with Crippen LogP contribution in [0.5, 0.6) is 0 Å². The third-order valence-electron chi connectivity index (χ3n) is 5.31. The molecule has 1 saturated heterocycles. The van der Waals surface area contributed by atoms with Crippen LogP contribution in [0.3, 0.4) is 0 Å². The van der Waals surface area contributed by atoms with Gasteiger partial charge in [-0.3, -0.25) is 4.68 Å². The average Bonchev–Trinajstić information content (AvgIpc) is 3.18. The lowest BCUT2D eigenvalue weighted by atomic mass is 10.0. The molecule has 140 valence electrons. The Hall–Kier alpha value is -1.44. The van der Waals surface area contributed by atoms with E-state index in [4.69, 9.17) is 11.6 Å². The zero-order valence-corrected chi connectivity index (χ0v) is 16.1. The van der Waals surface area contributed by atoms with Crippen LogP contribution in [-0.2, 0) is 23.5 Å². The minimum atomic E-state index is -3.69. The maximum absolute atomic E-state index is 14.2. The summed E-state index contributed by atoms with van der Waals surface area (Å²) in [7, 11) is -2.02. The van der Waals surface area contributed by atoms with Gasteiger partial charge in [-0.05, 0) is 50.2 Å². The van der Waals surface area contributed by atoms with Crippen LogP contribution in [0, 0.1) is 5.82 Å². The van der Waals surface area contributed by atoms with Crippen molar-refractivity contribution in [2.75, 3.05) is 6.54 Å². The van der Waals surface area contributed by atoms with Crippen LogP contribution in [0.1, 0.15) is 42.7 Å². The van der Waals surface area contributed by atoms with Gasteiger partial charge >= 0.3 is 0 Å². The van der Waals surface area contributed by atoms with Crippen LogP contribution in [0.4, 0.5) is 4.39 Å². The van der Waals surface area contributed by atoms with E-state index in [1.807, 2.05) is 0 Å². The second-order valence-corrected chi connectivity index (χ2v) is 9.33. The van der Waals surface area contributed by atoms with Crippen molar-refractivity contribution in [1.29, 1.82) is 0 Å². The van der Waals surface area contributed by atoms with Gasteiger partial charge in [0, 0.05) is 35.8 Å². The highest BCUT2D eigenvalue weighted by Gasteiger charge is 2.41. The number of rotatable bonds is 5. The Labute approximate surface area is 157 Å². The summed E-state index contributed by atoms with van der Waals surface area (Å²) in [5.41, 5.74) is 1.19. The topological polar surface area (TPSA) is 55.2 Å². The van der Waals surface area contributed by atoms with Crippen molar-refractivity contribution in [3.05, 3.63) is 46.4 Å². The number of hydrogen-bond donors (Lipinski definition) is 0. The Morgan fingerprint density at radius 2 is 2.08 bits per heavy atom. The first kappa shape index (κ1) is 17.9. The molecular formula is C18H21ClFN3O2S. The molecule has 2 heterocycles. The van der Waals surface area contributed by atoms with Crippen molar-refractivity contribution >= 4 is 21.6 Å². The highest BCUT2D eigenvalue weighted by molar-refractivity contribution is 7.89. The maximum Gasteiger partial charge on any atom is 0.260 e. The summed E-state index contributed by atoms with van der Waals surface area (Å²) < 4.78 is 43.9. The molecule has 0 spiro atoms. The molecule has 2 fully saturated rings. The number of halogens is 2. The smallest absolute Gasteiger partial charge is 0.256 e. The Balaban J connectivity index is 1.67. The number of hydrogen-bond acceptors (Lipinski definition) is 3. The third kappa shape index (κ3) is 3.06. The summed E-state index contributed by atoms with van der Waals surface area (Å²) in [4.78, 5) is 0. The number of aryl methyl sites for hydroxylation is 1. The van der Waals surface area contributed by atoms with E-state index in [1.165, 1.54) is 15.1 Å². The molecule has 1 aliphatic heterocycles. The van der Waals surface area contributed by atoms with E-state index in [9.17, 15) is 12.8 Å². The molecular weight excluding hydrogens is 377 g/mol. The predicted octanol–water partition coefficient (Wildman–Crippen LogP) is 3.49. The van der Waals surface area contributed by atoms with Gasteiger partial charge in [0.25, 0.3) is 10.0 Å². The highest BCUT2D eigenvalue weighted by Crippen LogP contribution is 2.44. The van der Waals surface area contributed by atoms with Gasteiger partial charge in [0.15, 0.2) is 5.03 Å². The van der Waals surface area contributed by atoms with Gasteiger partial charge in [0.1, 0.15) is 5.82 Å². The number of aromatic nitrogens is 2. The zero-order valence-electron chi connectivity index (χ0n) is 14.5. The van der Waals surface area contributed by atoms with E-state index in [0.717, 1.165) is 24.8 Å². The fourth-order valence-electron chi connectivity index (χ4n) is 3.84. The summed E-state index contributed by atoms with van der Waals surface area (Å²) >= 11 is 6.15. The van der Waals surface area contributed by atoms with E-state index < -0.39 is 10.0 Å². The molecule has 1 unspecified atom stereocenters. The Bertz CT molecular complexity index is 920. The van der Waals surface area contributed by atoms with Crippen molar-refractivity contribution in [3.8, 4) is 0 Å². The maximum atomic E-state index is 14.2. The molecule has 1 aromatic carbocycles. The molecule has 1 atom stereocenters. The first-order valence-corrected chi connectivity index (χ1v) is 10.7. The minimum Gasteiger partial charge on any atom is -0.256 e. The Morgan fingerprint density at radius 3 is 2.77 bits per heavy atom. The van der Waals surface area contributed by atoms with Crippen LogP contribution in [-0.4, -0.2) is 35.1 Å². The Morgan fingerprint density at radius 1 is 1.31 bits per heavy atom. The second-order valence-electron chi connectivity index (χ2n) is 7.12. The second kappa shape index (κ2) is 6.62. The van der Waals surface area contributed by atoms with Gasteiger partial charge in [0.2, 0.25) is 0 Å². The standard InChI is InChI=1S/C18H21ClFN3O2S/c1-22-18(15(11-21-22)12-7-8-12)26(24,25)23-9-3-4-13(23)10-14-16(19)5-2-6-17(14)20/h2,5-6,11-13H,3-4,7-10H2,1H3. The largest absolute Gasteiger partial charge is 0.260 e. The molecule has 2 aliphatic rings. The number of nitrogens with zero attached hydrogens (tertiary/aromatic N) is 3. The van der Waals surface area contributed by atoms with Crippen molar-refractivity contribution in [1.82, 2.24) is 14.1 Å². The summed E-state index contributed by atoms with van der Waals surface area (Å²) in [5.74, 6) is -0.100. The van der Waals surface area contributed by atoms with Crippen molar-refractivity contribution in [3.63, 3.8) is 0 Å². The fourth-order valence-corrected chi connectivity index (χ4v) is 6.14. The minimum absolute atomic E-state index is 0.279. The third-order valence-corrected chi connectivity index (χ3v) is 7.75. The molecule has 0 amide bonds. The zero-order chi connectivity index (χ0) is 18.5. The molecule has 1 saturated carbocycles. The molecule has 26 heavy (non-hydrogen) atoms. The average molecular weight is 398 g/mol. The SMILES string of the molecule is Cn1ncc(C2CC2)c1S(=O)(=O)N1CCCC1Cc1c(F)cccc1Cl. The van der Waals surface area contributed by atoms with Gasteiger partial charge in [0.05, 0.1) is 6.20 Å². The predicted molar refractivity (Wildman–Crippen MR) is 97.2 cm³/mol. The molecule has 4 rings (SSSR count). The van der Waals surface area contributed by atoms with Crippen molar-refractivity contribution in [2.24, 2.45) is 7.05 Å². The summed E-state index contributed by atoms with van der Waals surface area (Å²) in [6.07, 6.45) is 5.41. The van der Waals surface area contributed by atoms with E-state index >= 15 is 0 Å². The molecule has 2 aromatic rings. The van der Waals surface area contributed by atoms with Gasteiger partial charge in [-0.2, -0.15) is 9.40 Å². The van der Waals surface area contributed by atoms with Gasteiger partial charge in [-0.15, -0.1) is 0 Å². The van der Waals surface area contributed by atoms with E-state index in [0.29, 0.717) is 23.6 Å². The van der Waals surface area contributed by atoms with Crippen molar-refractivity contribution in [2.45, 2.75) is 49.1 Å². The summed E-state index contributed by atoms with van der Waals surface area (Å²) in [5, 5.41) is 4.81. The summed E-state index contributed by atoms with van der Waals surface area (Å²) in [6.45, 7) is 0.439. The van der Waals surface area contributed by atoms with Gasteiger partial charge in [-0.1, -0.05) is 17.7 Å². The van der Waals surface area contributed by atoms with Gasteiger partial charge in [-0.25, -0.2) is 12.8 Å². The first-order valence-electron chi connectivity index (χ1n) is 8.86. The van der Waals surface area contributed by atoms with Crippen LogP contribution in [0.2, 0.25) is 5.02 Å². The van der Waals surface area contributed by atoms with Crippen LogP contribution in [0.15, 0.2) is 29.4 Å². The lowest BCUT2D eigenvalue weighted by molar-refractivity contribution is 0.377. The molecule has 0 bridgehead atoms. The molecule has 8 heteroatoms. The lowest BCUT2D eigenvalue weighted by Crippen LogP contribution is -2.38. The lowest BCUT2D eigenvalue weighted by Gasteiger charge is -2.25. The first-order chi connectivity index (χ1) is 12.4. The van der Waals surface area contributed by atoms with Gasteiger partial charge < -0.3 is 0 Å². The van der Waals surface area contributed by atoms with Crippen molar-refractivity contribution < 1.29 is 12.8 Å². The molecule has 5 nitrogen and oxygen atoms in total. The van der Waals surface area contributed by atoms with E-state index in [2.05, 4.69) is 5.10 Å². The molecule has 0 radical (unpaired) electrons. The monoisotopic (exact) mass is 397 g/mol. The van der Waals surface area contributed by atoms with E-state index in [1.54, 1.807) is 25.4 Å². The van der Waals surface area contributed by atoms with Crippen LogP contribution in [0.25, 0.3) is 0 Å². The fraction of sp³-hybridized carbons (Fsp3) is 0.500. The Kier molecular flexibility index (Phi) is 4.57. The number of benzene rings is 1. The molecule has 1 aromatic heterocycles. The van der Waals surface area contributed by atoms with E-state index in [-0.39, 0.29) is 29.2 Å². The normalized spacial score (nSPS) is 21.4.